The molecule has 0 spiro atoms. The molecule has 2 rings (SSSR count). The third-order valence-electron chi connectivity index (χ3n) is 4.06. The Morgan fingerprint density at radius 2 is 1.88 bits per heavy atom. The van der Waals surface area contributed by atoms with Gasteiger partial charge < -0.3 is 9.64 Å². The zero-order valence-corrected chi connectivity index (χ0v) is 14.4. The summed E-state index contributed by atoms with van der Waals surface area (Å²) in [6, 6.07) is 15.3. The fourth-order valence-corrected chi connectivity index (χ4v) is 2.37. The number of hydrogen-bond donors (Lipinski definition) is 0. The Labute approximate surface area is 143 Å². The summed E-state index contributed by atoms with van der Waals surface area (Å²) in [7, 11) is 1.78. The second-order valence-electron chi connectivity index (χ2n) is 5.86. The lowest BCUT2D eigenvalue weighted by Crippen LogP contribution is -2.27. The first-order chi connectivity index (χ1) is 11.5. The molecule has 0 atom stereocenters. The maximum Gasteiger partial charge on any atom is 0.226 e. The number of aryl methyl sites for hydroxylation is 1. The number of hydrogen-bond acceptors (Lipinski definition) is 3. The van der Waals surface area contributed by atoms with Crippen LogP contribution in [0, 0.1) is 25.2 Å². The highest BCUT2D eigenvalue weighted by molar-refractivity contribution is 5.76. The predicted octanol–water partition coefficient (Wildman–Crippen LogP) is 3.60. The van der Waals surface area contributed by atoms with Gasteiger partial charge in [0, 0.05) is 13.6 Å². The Morgan fingerprint density at radius 3 is 2.54 bits per heavy atom. The Hall–Kier alpha value is -2.80. The van der Waals surface area contributed by atoms with Gasteiger partial charge in [-0.15, -0.1) is 0 Å². The predicted molar refractivity (Wildman–Crippen MR) is 93.7 cm³/mol. The van der Waals surface area contributed by atoms with Gasteiger partial charge in [0.1, 0.15) is 5.75 Å². The topological polar surface area (TPSA) is 53.3 Å². The van der Waals surface area contributed by atoms with Crippen molar-refractivity contribution in [3.63, 3.8) is 0 Å². The maximum absolute atomic E-state index is 12.2. The fourth-order valence-electron chi connectivity index (χ4n) is 2.37. The van der Waals surface area contributed by atoms with Crippen molar-refractivity contribution in [1.29, 1.82) is 5.26 Å². The molecule has 0 aliphatic heterocycles. The van der Waals surface area contributed by atoms with E-state index < -0.39 is 0 Å². The van der Waals surface area contributed by atoms with Crippen LogP contribution in [0.1, 0.15) is 28.7 Å². The van der Waals surface area contributed by atoms with Crippen molar-refractivity contribution in [3.8, 4) is 11.8 Å². The van der Waals surface area contributed by atoms with E-state index in [4.69, 9.17) is 10.00 Å². The third kappa shape index (κ3) is 4.60. The highest BCUT2D eigenvalue weighted by Gasteiger charge is 2.10. The molecule has 0 radical (unpaired) electrons. The van der Waals surface area contributed by atoms with Crippen LogP contribution in [0.2, 0.25) is 0 Å². The molecule has 1 amide bonds. The van der Waals surface area contributed by atoms with Crippen molar-refractivity contribution in [2.75, 3.05) is 13.7 Å². The fraction of sp³-hybridized carbons (Fsp3) is 0.300. The quantitative estimate of drug-likeness (QED) is 0.816. The summed E-state index contributed by atoms with van der Waals surface area (Å²) < 4.78 is 5.74. The van der Waals surface area contributed by atoms with E-state index in [2.05, 4.69) is 6.07 Å². The number of nitrogens with zero attached hydrogens (tertiary/aromatic N) is 2. The monoisotopic (exact) mass is 322 g/mol. The highest BCUT2D eigenvalue weighted by Crippen LogP contribution is 2.20. The first-order valence-corrected chi connectivity index (χ1v) is 7.93. The number of rotatable bonds is 6. The van der Waals surface area contributed by atoms with Crippen molar-refractivity contribution in [1.82, 2.24) is 4.90 Å². The third-order valence-corrected chi connectivity index (χ3v) is 4.06. The first kappa shape index (κ1) is 17.6. The lowest BCUT2D eigenvalue weighted by molar-refractivity contribution is -0.130. The average molecular weight is 322 g/mol. The van der Waals surface area contributed by atoms with Gasteiger partial charge in [-0.25, -0.2) is 0 Å². The molecule has 0 N–H and O–H groups in total. The zero-order valence-electron chi connectivity index (χ0n) is 14.4. The van der Waals surface area contributed by atoms with Gasteiger partial charge in [0.05, 0.1) is 24.7 Å². The van der Waals surface area contributed by atoms with E-state index in [0.717, 1.165) is 16.9 Å². The molecular weight excluding hydrogens is 300 g/mol. The van der Waals surface area contributed by atoms with Crippen LogP contribution in [-0.2, 0) is 11.3 Å². The minimum Gasteiger partial charge on any atom is -0.493 e. The number of benzene rings is 2. The van der Waals surface area contributed by atoms with E-state index >= 15 is 0 Å². The van der Waals surface area contributed by atoms with Crippen molar-refractivity contribution in [3.05, 3.63) is 64.7 Å². The summed E-state index contributed by atoms with van der Waals surface area (Å²) in [5.41, 5.74) is 3.91. The lowest BCUT2D eigenvalue weighted by atomic mass is 10.1. The molecule has 0 heterocycles. The van der Waals surface area contributed by atoms with Crippen LogP contribution in [0.4, 0.5) is 0 Å². The van der Waals surface area contributed by atoms with Crippen molar-refractivity contribution in [2.24, 2.45) is 0 Å². The maximum atomic E-state index is 12.2. The van der Waals surface area contributed by atoms with Gasteiger partial charge in [0.2, 0.25) is 5.91 Å². The van der Waals surface area contributed by atoms with E-state index in [-0.39, 0.29) is 5.91 Å². The summed E-state index contributed by atoms with van der Waals surface area (Å²) in [6.45, 7) is 4.94. The van der Waals surface area contributed by atoms with Gasteiger partial charge in [0.25, 0.3) is 0 Å². The van der Waals surface area contributed by atoms with E-state index in [1.807, 2.05) is 44.2 Å². The molecule has 2 aromatic carbocycles. The molecule has 0 fully saturated rings. The second kappa shape index (κ2) is 8.16. The van der Waals surface area contributed by atoms with Gasteiger partial charge in [-0.2, -0.15) is 5.26 Å². The Balaban J connectivity index is 1.83. The number of carbonyl (C=O) groups is 1. The molecule has 24 heavy (non-hydrogen) atoms. The summed E-state index contributed by atoms with van der Waals surface area (Å²) >= 11 is 0. The Morgan fingerprint density at radius 1 is 1.17 bits per heavy atom. The lowest BCUT2D eigenvalue weighted by Gasteiger charge is -2.18. The van der Waals surface area contributed by atoms with Gasteiger partial charge in [-0.05, 0) is 48.7 Å². The van der Waals surface area contributed by atoms with Crippen molar-refractivity contribution < 1.29 is 9.53 Å². The van der Waals surface area contributed by atoms with Crippen LogP contribution in [0.3, 0.4) is 0 Å². The molecule has 0 aliphatic rings. The van der Waals surface area contributed by atoms with Crippen LogP contribution in [0.25, 0.3) is 0 Å². The Bertz CT molecular complexity index is 745. The molecule has 4 nitrogen and oxygen atoms in total. The minimum absolute atomic E-state index is 0.0321. The second-order valence-corrected chi connectivity index (χ2v) is 5.86. The average Bonchev–Trinajstić information content (AvgIpc) is 2.59. The van der Waals surface area contributed by atoms with Crippen molar-refractivity contribution in [2.45, 2.75) is 26.8 Å². The molecule has 2 aromatic rings. The van der Waals surface area contributed by atoms with Gasteiger partial charge in [0.15, 0.2) is 0 Å². The van der Waals surface area contributed by atoms with Crippen molar-refractivity contribution >= 4 is 5.91 Å². The van der Waals surface area contributed by atoms with Crippen LogP contribution < -0.4 is 4.74 Å². The SMILES string of the molecule is Cc1cccc(OCCC(=O)N(C)Cc2ccc(C#N)cc2)c1C. The van der Waals surface area contributed by atoms with E-state index in [0.29, 0.717) is 25.1 Å². The molecule has 124 valence electrons. The zero-order chi connectivity index (χ0) is 17.5. The number of ether oxygens (including phenoxy) is 1. The number of carbonyl (C=O) groups excluding carboxylic acids is 1. The smallest absolute Gasteiger partial charge is 0.226 e. The molecule has 0 saturated heterocycles. The highest BCUT2D eigenvalue weighted by atomic mass is 16.5. The number of amides is 1. The normalized spacial score (nSPS) is 10.1. The molecule has 4 heteroatoms. The van der Waals surface area contributed by atoms with Gasteiger partial charge in [-0.1, -0.05) is 24.3 Å². The minimum atomic E-state index is 0.0321. The molecule has 0 aliphatic carbocycles. The van der Waals surface area contributed by atoms with E-state index in [1.54, 1.807) is 24.1 Å². The van der Waals surface area contributed by atoms with Gasteiger partial charge >= 0.3 is 0 Å². The summed E-state index contributed by atoms with van der Waals surface area (Å²) in [5.74, 6) is 0.863. The molecule has 0 aromatic heterocycles. The summed E-state index contributed by atoms with van der Waals surface area (Å²) in [6.07, 6.45) is 0.333. The first-order valence-electron chi connectivity index (χ1n) is 7.93. The largest absolute Gasteiger partial charge is 0.493 e. The van der Waals surface area contributed by atoms with Gasteiger partial charge in [-0.3, -0.25) is 4.79 Å². The molecule has 0 saturated carbocycles. The van der Waals surface area contributed by atoms with E-state index in [9.17, 15) is 4.79 Å². The molecule has 0 bridgehead atoms. The number of nitriles is 1. The summed E-state index contributed by atoms with van der Waals surface area (Å²) in [4.78, 5) is 13.9. The standard InChI is InChI=1S/C20H22N2O2/c1-15-5-4-6-19(16(15)2)24-12-11-20(23)22(3)14-18-9-7-17(13-21)8-10-18/h4-10H,11-12,14H2,1-3H3. The van der Waals surface area contributed by atoms with Crippen LogP contribution in [0.5, 0.6) is 5.75 Å². The van der Waals surface area contributed by atoms with Crippen LogP contribution >= 0.6 is 0 Å². The Kier molecular flexibility index (Phi) is 5.97. The molecule has 0 unspecified atom stereocenters. The van der Waals surface area contributed by atoms with E-state index in [1.165, 1.54) is 5.56 Å². The summed E-state index contributed by atoms with van der Waals surface area (Å²) in [5, 5.41) is 8.80. The van der Waals surface area contributed by atoms with Crippen LogP contribution in [-0.4, -0.2) is 24.5 Å². The van der Waals surface area contributed by atoms with Crippen LogP contribution in [0.15, 0.2) is 42.5 Å². The molecular formula is C20H22N2O2.